The summed E-state index contributed by atoms with van der Waals surface area (Å²) >= 11 is 7.99. The van der Waals surface area contributed by atoms with E-state index in [1.54, 1.807) is 11.3 Å². The third-order valence-electron chi connectivity index (χ3n) is 6.37. The van der Waals surface area contributed by atoms with E-state index in [0.717, 1.165) is 48.9 Å². The smallest absolute Gasteiger partial charge is 0.105 e. The quantitative estimate of drug-likeness (QED) is 0.723. The molecule has 0 saturated carbocycles. The van der Waals surface area contributed by atoms with Gasteiger partial charge >= 0.3 is 0 Å². The van der Waals surface area contributed by atoms with Gasteiger partial charge in [0.05, 0.1) is 36.9 Å². The second-order valence-electron chi connectivity index (χ2n) is 8.94. The molecule has 2 aromatic rings. The monoisotopic (exact) mass is 439 g/mol. The number of halogens is 1. The third kappa shape index (κ3) is 4.27. The Labute approximate surface area is 181 Å². The number of aliphatic hydroxyl groups excluding tert-OH is 2. The van der Waals surface area contributed by atoms with Crippen molar-refractivity contribution in [2.75, 3.05) is 26.4 Å². The van der Waals surface area contributed by atoms with Crippen LogP contribution in [0, 0.1) is 5.41 Å². The van der Waals surface area contributed by atoms with Crippen molar-refractivity contribution in [1.29, 1.82) is 0 Å². The Bertz CT molecular complexity index is 850. The molecule has 1 saturated heterocycles. The van der Waals surface area contributed by atoms with E-state index in [1.165, 1.54) is 10.4 Å². The van der Waals surface area contributed by atoms with Crippen LogP contribution < -0.4 is 0 Å². The first-order chi connectivity index (χ1) is 13.9. The molecule has 0 aliphatic carbocycles. The number of ether oxygens (including phenoxy) is 1. The molecule has 6 nitrogen and oxygen atoms in total. The minimum absolute atomic E-state index is 0.0708. The Kier molecular flexibility index (Phi) is 6.08. The average Bonchev–Trinajstić information content (AvgIpc) is 3.30. The summed E-state index contributed by atoms with van der Waals surface area (Å²) in [7, 11) is 0. The Morgan fingerprint density at radius 3 is 2.93 bits per heavy atom. The predicted molar refractivity (Wildman–Crippen MR) is 114 cm³/mol. The summed E-state index contributed by atoms with van der Waals surface area (Å²) < 4.78 is 9.04. The van der Waals surface area contributed by atoms with E-state index < -0.39 is 5.41 Å². The van der Waals surface area contributed by atoms with Crippen LogP contribution in [0.2, 0.25) is 4.34 Å². The van der Waals surface area contributed by atoms with E-state index in [9.17, 15) is 10.2 Å². The summed E-state index contributed by atoms with van der Waals surface area (Å²) in [5, 5.41) is 23.5. The van der Waals surface area contributed by atoms with Crippen LogP contribution in [-0.2, 0) is 29.8 Å². The van der Waals surface area contributed by atoms with Crippen LogP contribution in [-0.4, -0.2) is 57.3 Å². The summed E-state index contributed by atoms with van der Waals surface area (Å²) in [6.07, 6.45) is 6.81. The molecular weight excluding hydrogens is 410 g/mol. The fourth-order valence-electron chi connectivity index (χ4n) is 4.56. The molecule has 29 heavy (non-hydrogen) atoms. The van der Waals surface area contributed by atoms with Crippen molar-refractivity contribution in [2.24, 2.45) is 5.41 Å². The molecule has 1 fully saturated rings. The number of thiophene rings is 1. The maximum atomic E-state index is 9.51. The summed E-state index contributed by atoms with van der Waals surface area (Å²) in [6.45, 7) is 7.05. The van der Waals surface area contributed by atoms with E-state index in [-0.39, 0.29) is 18.8 Å². The van der Waals surface area contributed by atoms with Crippen LogP contribution >= 0.6 is 22.9 Å². The van der Waals surface area contributed by atoms with Crippen molar-refractivity contribution in [3.8, 4) is 0 Å². The number of hydrogen-bond acceptors (Lipinski definition) is 6. The standard InChI is InChI=1S/C21H30ClN3O3S/c1-15-8-21(19-17(3-6-28-21)7-18(22)29-19)4-5-24(15)10-16-9-23-25(11-16)12-20(2,13-26)14-27/h7,9,11,15,26-27H,3-6,8,10,12-14H2,1-2H3/t15-,21+/m0/s1. The van der Waals surface area contributed by atoms with Crippen molar-refractivity contribution in [2.45, 2.75) is 57.8 Å². The summed E-state index contributed by atoms with van der Waals surface area (Å²) in [5.41, 5.74) is 1.77. The molecule has 2 aromatic heterocycles. The molecule has 1 spiro atoms. The second-order valence-corrected chi connectivity index (χ2v) is 10.6. The molecule has 2 aliphatic heterocycles. The Balaban J connectivity index is 1.42. The highest BCUT2D eigenvalue weighted by Gasteiger charge is 2.44. The van der Waals surface area contributed by atoms with E-state index in [1.807, 2.05) is 24.0 Å². The van der Waals surface area contributed by atoms with Gasteiger partial charge in [-0.2, -0.15) is 5.10 Å². The van der Waals surface area contributed by atoms with Crippen LogP contribution in [0.1, 0.15) is 42.7 Å². The second kappa shape index (κ2) is 8.29. The lowest BCUT2D eigenvalue weighted by Crippen LogP contribution is -2.49. The lowest BCUT2D eigenvalue weighted by atomic mass is 9.82. The fourth-order valence-corrected chi connectivity index (χ4v) is 6.05. The van der Waals surface area contributed by atoms with Gasteiger partial charge in [-0.1, -0.05) is 18.5 Å². The zero-order valence-electron chi connectivity index (χ0n) is 17.1. The summed E-state index contributed by atoms with van der Waals surface area (Å²) in [6, 6.07) is 2.50. The molecule has 8 heteroatoms. The molecule has 4 heterocycles. The molecule has 2 aliphatic rings. The van der Waals surface area contributed by atoms with Gasteiger partial charge < -0.3 is 14.9 Å². The lowest BCUT2D eigenvalue weighted by molar-refractivity contribution is -0.110. The number of rotatable bonds is 6. The molecule has 160 valence electrons. The molecule has 0 radical (unpaired) electrons. The highest BCUT2D eigenvalue weighted by atomic mass is 35.5. The Morgan fingerprint density at radius 2 is 2.21 bits per heavy atom. The van der Waals surface area contributed by atoms with E-state index in [2.05, 4.69) is 23.0 Å². The van der Waals surface area contributed by atoms with Gasteiger partial charge in [0.1, 0.15) is 5.60 Å². The first-order valence-corrected chi connectivity index (χ1v) is 11.5. The first-order valence-electron chi connectivity index (χ1n) is 10.3. The summed E-state index contributed by atoms with van der Waals surface area (Å²) in [5.74, 6) is 0. The number of aliphatic hydroxyl groups is 2. The summed E-state index contributed by atoms with van der Waals surface area (Å²) in [4.78, 5) is 3.82. The molecule has 0 bridgehead atoms. The minimum atomic E-state index is -0.563. The van der Waals surface area contributed by atoms with Crippen LogP contribution in [0.3, 0.4) is 0 Å². The van der Waals surface area contributed by atoms with Gasteiger partial charge in [-0.25, -0.2) is 0 Å². The number of aromatic nitrogens is 2. The molecule has 4 rings (SSSR count). The topological polar surface area (TPSA) is 70.8 Å². The van der Waals surface area contributed by atoms with Gasteiger partial charge in [-0.05, 0) is 37.8 Å². The maximum Gasteiger partial charge on any atom is 0.105 e. The zero-order valence-corrected chi connectivity index (χ0v) is 18.7. The largest absolute Gasteiger partial charge is 0.396 e. The van der Waals surface area contributed by atoms with Crippen LogP contribution in [0.5, 0.6) is 0 Å². The number of fused-ring (bicyclic) bond motifs is 2. The van der Waals surface area contributed by atoms with Gasteiger partial charge in [-0.3, -0.25) is 9.58 Å². The maximum absolute atomic E-state index is 9.51. The lowest BCUT2D eigenvalue weighted by Gasteiger charge is -2.47. The highest BCUT2D eigenvalue weighted by molar-refractivity contribution is 7.16. The van der Waals surface area contributed by atoms with Crippen LogP contribution in [0.15, 0.2) is 18.5 Å². The van der Waals surface area contributed by atoms with Gasteiger partial charge in [0.2, 0.25) is 0 Å². The third-order valence-corrected chi connectivity index (χ3v) is 7.87. The number of piperidine rings is 1. The molecular formula is C21H30ClN3O3S. The van der Waals surface area contributed by atoms with Crippen molar-refractivity contribution >= 4 is 22.9 Å². The molecule has 0 amide bonds. The molecule has 2 N–H and O–H groups in total. The van der Waals surface area contributed by atoms with E-state index in [0.29, 0.717) is 12.6 Å². The number of nitrogens with zero attached hydrogens (tertiary/aromatic N) is 3. The van der Waals surface area contributed by atoms with Gasteiger partial charge in [-0.15, -0.1) is 11.3 Å². The van der Waals surface area contributed by atoms with Crippen LogP contribution in [0.25, 0.3) is 0 Å². The SMILES string of the molecule is C[C@H]1C[C@@]2(CCN1Cc1cnn(CC(C)(CO)CO)c1)OCCc1cc(Cl)sc12. The van der Waals surface area contributed by atoms with Crippen molar-refractivity contribution in [3.05, 3.63) is 38.8 Å². The average molecular weight is 440 g/mol. The van der Waals surface area contributed by atoms with Crippen molar-refractivity contribution < 1.29 is 14.9 Å². The normalized spacial score (nSPS) is 25.5. The molecule has 2 atom stereocenters. The fraction of sp³-hybridized carbons (Fsp3) is 0.667. The highest BCUT2D eigenvalue weighted by Crippen LogP contribution is 2.48. The van der Waals surface area contributed by atoms with Gasteiger partial charge in [0.15, 0.2) is 0 Å². The van der Waals surface area contributed by atoms with E-state index in [4.69, 9.17) is 16.3 Å². The van der Waals surface area contributed by atoms with Gasteiger partial charge in [0.25, 0.3) is 0 Å². The number of hydrogen-bond donors (Lipinski definition) is 2. The van der Waals surface area contributed by atoms with E-state index >= 15 is 0 Å². The predicted octanol–water partition coefficient (Wildman–Crippen LogP) is 3.04. The molecule has 0 aromatic carbocycles. The minimum Gasteiger partial charge on any atom is -0.396 e. The first kappa shape index (κ1) is 21.3. The van der Waals surface area contributed by atoms with Crippen molar-refractivity contribution in [3.63, 3.8) is 0 Å². The van der Waals surface area contributed by atoms with Crippen LogP contribution in [0.4, 0.5) is 0 Å². The van der Waals surface area contributed by atoms with Crippen molar-refractivity contribution in [1.82, 2.24) is 14.7 Å². The molecule has 0 unspecified atom stereocenters. The van der Waals surface area contributed by atoms with Gasteiger partial charge in [0, 0.05) is 41.2 Å². The Morgan fingerprint density at radius 1 is 1.41 bits per heavy atom. The zero-order chi connectivity index (χ0) is 20.6. The number of likely N-dealkylation sites (tertiary alicyclic amines) is 1. The Hall–Kier alpha value is -0.960.